The molecule has 1 aliphatic heterocycles. The normalized spacial score (nSPS) is 17.3. The van der Waals surface area contributed by atoms with Crippen molar-refractivity contribution in [2.24, 2.45) is 0 Å². The molecule has 26 heavy (non-hydrogen) atoms. The number of benzene rings is 1. The van der Waals surface area contributed by atoms with Gasteiger partial charge in [0.05, 0.1) is 17.4 Å². The summed E-state index contributed by atoms with van der Waals surface area (Å²) in [6, 6.07) is 6.39. The van der Waals surface area contributed by atoms with Crippen LogP contribution in [0.3, 0.4) is 0 Å². The summed E-state index contributed by atoms with van der Waals surface area (Å²) < 4.78 is 51.3. The molecule has 1 aliphatic rings. The lowest BCUT2D eigenvalue weighted by Crippen LogP contribution is -2.32. The molecular weight excluding hydrogens is 393 g/mol. The van der Waals surface area contributed by atoms with Gasteiger partial charge in [-0.2, -0.15) is 17.6 Å². The first-order chi connectivity index (χ1) is 11.8. The van der Waals surface area contributed by atoms with Crippen molar-refractivity contribution in [2.75, 3.05) is 18.0 Å². The standard InChI is InChI=1S/C17H16ClF4N3.ClH/c18-15-3-1-12(17(20,21)22)7-11(15)8-23-13-5-6-25(10-13)14-2-4-16(19)24-9-14;/h1-4,7,9,13,23H,5-6,8,10H2;1H/t13-;/m0./s1. The summed E-state index contributed by atoms with van der Waals surface area (Å²) in [5, 5.41) is 3.54. The number of hydrogen-bond acceptors (Lipinski definition) is 3. The van der Waals surface area contributed by atoms with Crippen molar-refractivity contribution in [2.45, 2.75) is 25.2 Å². The van der Waals surface area contributed by atoms with Crippen molar-refractivity contribution in [1.29, 1.82) is 0 Å². The van der Waals surface area contributed by atoms with Gasteiger partial charge >= 0.3 is 6.18 Å². The number of alkyl halides is 3. The largest absolute Gasteiger partial charge is 0.416 e. The van der Waals surface area contributed by atoms with Gasteiger partial charge in [-0.3, -0.25) is 0 Å². The molecule has 0 unspecified atom stereocenters. The molecule has 0 spiro atoms. The lowest BCUT2D eigenvalue weighted by atomic mass is 10.1. The predicted molar refractivity (Wildman–Crippen MR) is 95.4 cm³/mol. The molecule has 142 valence electrons. The first kappa shape index (κ1) is 20.7. The maximum atomic E-state index is 12.9. The highest BCUT2D eigenvalue weighted by Gasteiger charge is 2.31. The van der Waals surface area contributed by atoms with Gasteiger partial charge in [0, 0.05) is 30.7 Å². The van der Waals surface area contributed by atoms with Crippen LogP contribution in [0.4, 0.5) is 23.2 Å². The third kappa shape index (κ3) is 4.99. The van der Waals surface area contributed by atoms with Crippen LogP contribution in [0, 0.1) is 5.95 Å². The average molecular weight is 410 g/mol. The molecule has 3 nitrogen and oxygen atoms in total. The minimum Gasteiger partial charge on any atom is -0.369 e. The van der Waals surface area contributed by atoms with Crippen LogP contribution in [0.1, 0.15) is 17.5 Å². The highest BCUT2D eigenvalue weighted by Crippen LogP contribution is 2.32. The molecule has 1 atom stereocenters. The second-order valence-corrected chi connectivity index (χ2v) is 6.36. The number of nitrogens with zero attached hydrogens (tertiary/aromatic N) is 2. The van der Waals surface area contributed by atoms with E-state index in [1.807, 2.05) is 0 Å². The Morgan fingerprint density at radius 2 is 2.00 bits per heavy atom. The summed E-state index contributed by atoms with van der Waals surface area (Å²) in [5.74, 6) is -0.531. The van der Waals surface area contributed by atoms with Crippen molar-refractivity contribution in [3.63, 3.8) is 0 Å². The molecule has 9 heteroatoms. The molecule has 1 fully saturated rings. The Bertz CT molecular complexity index is 738. The molecule has 0 aliphatic carbocycles. The number of nitrogens with one attached hydrogen (secondary N) is 1. The van der Waals surface area contributed by atoms with Gasteiger partial charge in [-0.15, -0.1) is 12.4 Å². The van der Waals surface area contributed by atoms with Crippen molar-refractivity contribution < 1.29 is 17.6 Å². The first-order valence-electron chi connectivity index (χ1n) is 7.78. The third-order valence-corrected chi connectivity index (χ3v) is 4.59. The summed E-state index contributed by atoms with van der Waals surface area (Å²) >= 11 is 6.01. The number of pyridine rings is 1. The van der Waals surface area contributed by atoms with E-state index in [0.717, 1.165) is 30.8 Å². The molecule has 1 aromatic heterocycles. The molecule has 0 amide bonds. The number of anilines is 1. The lowest BCUT2D eigenvalue weighted by Gasteiger charge is -2.19. The van der Waals surface area contributed by atoms with Crippen LogP contribution in [-0.4, -0.2) is 24.1 Å². The summed E-state index contributed by atoms with van der Waals surface area (Å²) in [6.07, 6.45) is -2.09. The van der Waals surface area contributed by atoms with Crippen LogP contribution in [0.15, 0.2) is 36.5 Å². The van der Waals surface area contributed by atoms with Crippen molar-refractivity contribution >= 4 is 29.7 Å². The van der Waals surface area contributed by atoms with Gasteiger partial charge in [0.1, 0.15) is 0 Å². The Kier molecular flexibility index (Phi) is 6.71. The van der Waals surface area contributed by atoms with E-state index in [4.69, 9.17) is 11.6 Å². The van der Waals surface area contributed by atoms with Crippen molar-refractivity contribution in [3.05, 3.63) is 58.6 Å². The number of aromatic nitrogens is 1. The van der Waals surface area contributed by atoms with Crippen LogP contribution in [0.2, 0.25) is 5.02 Å². The van der Waals surface area contributed by atoms with Crippen LogP contribution in [-0.2, 0) is 12.7 Å². The molecule has 1 saturated heterocycles. The molecule has 3 rings (SSSR count). The van der Waals surface area contributed by atoms with Crippen molar-refractivity contribution in [3.8, 4) is 0 Å². The quantitative estimate of drug-likeness (QED) is 0.586. The van der Waals surface area contributed by atoms with E-state index >= 15 is 0 Å². The zero-order chi connectivity index (χ0) is 18.0. The van der Waals surface area contributed by atoms with Crippen LogP contribution >= 0.6 is 24.0 Å². The average Bonchev–Trinajstić information content (AvgIpc) is 3.02. The Labute approximate surface area is 159 Å². The molecule has 0 radical (unpaired) electrons. The minimum atomic E-state index is -4.39. The maximum Gasteiger partial charge on any atom is 0.416 e. The molecule has 1 N–H and O–H groups in total. The second-order valence-electron chi connectivity index (χ2n) is 5.96. The minimum absolute atomic E-state index is 0. The number of hydrogen-bond donors (Lipinski definition) is 1. The van der Waals surface area contributed by atoms with Gasteiger partial charge in [-0.1, -0.05) is 11.6 Å². The summed E-state index contributed by atoms with van der Waals surface area (Å²) in [5.41, 5.74) is 0.528. The zero-order valence-corrected chi connectivity index (χ0v) is 15.1. The van der Waals surface area contributed by atoms with Crippen LogP contribution < -0.4 is 10.2 Å². The third-order valence-electron chi connectivity index (χ3n) is 4.22. The van der Waals surface area contributed by atoms with E-state index in [0.29, 0.717) is 17.1 Å². The van der Waals surface area contributed by atoms with E-state index in [-0.39, 0.29) is 25.0 Å². The first-order valence-corrected chi connectivity index (χ1v) is 8.16. The topological polar surface area (TPSA) is 28.2 Å². The fourth-order valence-electron chi connectivity index (χ4n) is 2.86. The Balaban J connectivity index is 0.00000243. The maximum absolute atomic E-state index is 12.9. The van der Waals surface area contributed by atoms with Crippen LogP contribution in [0.5, 0.6) is 0 Å². The number of halogens is 6. The Morgan fingerprint density at radius 3 is 2.65 bits per heavy atom. The van der Waals surface area contributed by atoms with Crippen LogP contribution in [0.25, 0.3) is 0 Å². The van der Waals surface area contributed by atoms with Gasteiger partial charge in [-0.05, 0) is 42.3 Å². The molecule has 0 bridgehead atoms. The molecule has 2 heterocycles. The molecular formula is C17H17Cl2F4N3. The molecule has 1 aromatic carbocycles. The molecule has 2 aromatic rings. The highest BCUT2D eigenvalue weighted by molar-refractivity contribution is 6.31. The van der Waals surface area contributed by atoms with Crippen molar-refractivity contribution in [1.82, 2.24) is 10.3 Å². The van der Waals surface area contributed by atoms with Gasteiger partial charge in [0.25, 0.3) is 0 Å². The summed E-state index contributed by atoms with van der Waals surface area (Å²) in [6.45, 7) is 1.69. The van der Waals surface area contributed by atoms with Gasteiger partial charge < -0.3 is 10.2 Å². The SMILES string of the molecule is Cl.Fc1ccc(N2CC[C@H](NCc3cc(C(F)(F)F)ccc3Cl)C2)cn1. The predicted octanol–water partition coefficient (Wildman–Crippen LogP) is 4.68. The van der Waals surface area contributed by atoms with E-state index in [2.05, 4.69) is 15.2 Å². The second kappa shape index (κ2) is 8.41. The molecule has 0 saturated carbocycles. The fourth-order valence-corrected chi connectivity index (χ4v) is 3.04. The van der Waals surface area contributed by atoms with Gasteiger partial charge in [-0.25, -0.2) is 4.98 Å². The number of rotatable bonds is 4. The summed E-state index contributed by atoms with van der Waals surface area (Å²) in [7, 11) is 0. The Hall–Kier alpha value is -1.57. The highest BCUT2D eigenvalue weighted by atomic mass is 35.5. The van der Waals surface area contributed by atoms with E-state index in [9.17, 15) is 17.6 Å². The zero-order valence-electron chi connectivity index (χ0n) is 13.6. The van der Waals surface area contributed by atoms with E-state index < -0.39 is 17.7 Å². The monoisotopic (exact) mass is 409 g/mol. The van der Waals surface area contributed by atoms with Gasteiger partial charge in [0.2, 0.25) is 5.95 Å². The Morgan fingerprint density at radius 1 is 1.23 bits per heavy atom. The summed E-state index contributed by atoms with van der Waals surface area (Å²) in [4.78, 5) is 5.69. The van der Waals surface area contributed by atoms with E-state index in [1.165, 1.54) is 18.3 Å². The van der Waals surface area contributed by atoms with E-state index in [1.54, 1.807) is 6.07 Å². The van der Waals surface area contributed by atoms with Gasteiger partial charge in [0.15, 0.2) is 0 Å². The lowest BCUT2D eigenvalue weighted by molar-refractivity contribution is -0.137. The fraction of sp³-hybridized carbons (Fsp3) is 0.353. The smallest absolute Gasteiger partial charge is 0.369 e.